The van der Waals surface area contributed by atoms with E-state index < -0.39 is 10.0 Å². The number of hydrogen-bond acceptors (Lipinski definition) is 4. The summed E-state index contributed by atoms with van der Waals surface area (Å²) < 4.78 is 26.6. The van der Waals surface area contributed by atoms with Crippen molar-refractivity contribution in [3.63, 3.8) is 0 Å². The Bertz CT molecular complexity index is 521. The molecule has 4 nitrogen and oxygen atoms in total. The van der Waals surface area contributed by atoms with Gasteiger partial charge in [0, 0.05) is 25.0 Å². The molecule has 0 aliphatic carbocycles. The smallest absolute Gasteiger partial charge is 0.252 e. The van der Waals surface area contributed by atoms with Gasteiger partial charge in [-0.25, -0.2) is 12.7 Å². The molecule has 0 saturated heterocycles. The summed E-state index contributed by atoms with van der Waals surface area (Å²) in [5, 5.41) is 3.05. The first-order valence-electron chi connectivity index (χ1n) is 6.24. The Hall–Kier alpha value is -0.690. The lowest BCUT2D eigenvalue weighted by Gasteiger charge is -2.15. The van der Waals surface area contributed by atoms with Crippen LogP contribution < -0.4 is 5.32 Å². The van der Waals surface area contributed by atoms with Crippen molar-refractivity contribution in [1.82, 2.24) is 9.62 Å². The van der Waals surface area contributed by atoms with E-state index in [1.54, 1.807) is 19.2 Å². The van der Waals surface area contributed by atoms with Crippen molar-refractivity contribution < 1.29 is 8.42 Å². The van der Waals surface area contributed by atoms with Crippen molar-refractivity contribution in [3.8, 4) is 0 Å². The number of hydrogen-bond donors (Lipinski definition) is 1. The van der Waals surface area contributed by atoms with Gasteiger partial charge in [0.1, 0.15) is 4.21 Å². The number of allylic oxidation sites excluding steroid dienone is 1. The van der Waals surface area contributed by atoms with E-state index in [9.17, 15) is 8.42 Å². The van der Waals surface area contributed by atoms with Crippen molar-refractivity contribution in [2.24, 2.45) is 0 Å². The van der Waals surface area contributed by atoms with Gasteiger partial charge in [0.15, 0.2) is 0 Å². The first-order valence-corrected chi connectivity index (χ1v) is 8.50. The van der Waals surface area contributed by atoms with Gasteiger partial charge >= 0.3 is 0 Å². The lowest BCUT2D eigenvalue weighted by atomic mass is 10.3. The Balaban J connectivity index is 2.87. The molecular weight excluding hydrogens is 280 g/mol. The first kappa shape index (κ1) is 16.4. The lowest BCUT2D eigenvalue weighted by molar-refractivity contribution is 0.464. The summed E-state index contributed by atoms with van der Waals surface area (Å²) in [6.45, 7) is 6.81. The standard InChI is InChI=1S/C13H22N2O2S2/c1-5-6-7-8-15(4)19(16,17)13-9-11(2)12(18-13)10-14-3/h5,9,14H,1,6-8,10H2,2-4H3. The first-order chi connectivity index (χ1) is 8.93. The summed E-state index contributed by atoms with van der Waals surface area (Å²) in [4.78, 5) is 1.07. The van der Waals surface area contributed by atoms with Gasteiger partial charge in [-0.15, -0.1) is 17.9 Å². The van der Waals surface area contributed by atoms with Gasteiger partial charge < -0.3 is 5.32 Å². The Morgan fingerprint density at radius 2 is 2.21 bits per heavy atom. The zero-order valence-corrected chi connectivity index (χ0v) is 13.4. The number of nitrogens with one attached hydrogen (secondary N) is 1. The van der Waals surface area contributed by atoms with Crippen molar-refractivity contribution in [2.75, 3.05) is 20.6 Å². The zero-order chi connectivity index (χ0) is 14.5. The molecule has 0 saturated carbocycles. The highest BCUT2D eigenvalue weighted by Gasteiger charge is 2.23. The van der Waals surface area contributed by atoms with Crippen LogP contribution in [0.2, 0.25) is 0 Å². The van der Waals surface area contributed by atoms with Crippen molar-refractivity contribution >= 4 is 21.4 Å². The summed E-state index contributed by atoms with van der Waals surface area (Å²) in [5.74, 6) is 0. The Kier molecular flexibility index (Phi) is 6.19. The molecule has 1 rings (SSSR count). The van der Waals surface area contributed by atoms with Gasteiger partial charge in [-0.2, -0.15) is 0 Å². The SMILES string of the molecule is C=CCCCN(C)S(=O)(=O)c1cc(C)c(CNC)s1. The number of nitrogens with zero attached hydrogens (tertiary/aromatic N) is 1. The third-order valence-corrected chi connectivity index (χ3v) is 6.42. The maximum atomic E-state index is 12.4. The average Bonchev–Trinajstić information content (AvgIpc) is 2.72. The van der Waals surface area contributed by atoms with Crippen LogP contribution in [-0.4, -0.2) is 33.4 Å². The third-order valence-electron chi connectivity index (χ3n) is 2.88. The fourth-order valence-corrected chi connectivity index (χ4v) is 4.71. The lowest BCUT2D eigenvalue weighted by Crippen LogP contribution is -2.27. The highest BCUT2D eigenvalue weighted by Crippen LogP contribution is 2.28. The van der Waals surface area contributed by atoms with Gasteiger partial charge in [-0.1, -0.05) is 6.08 Å². The van der Waals surface area contributed by atoms with Crippen molar-refractivity contribution in [1.29, 1.82) is 0 Å². The van der Waals surface area contributed by atoms with E-state index in [2.05, 4.69) is 11.9 Å². The van der Waals surface area contributed by atoms with E-state index in [4.69, 9.17) is 0 Å². The molecule has 6 heteroatoms. The van der Waals surface area contributed by atoms with Gasteiger partial charge in [-0.3, -0.25) is 0 Å². The molecule has 0 fully saturated rings. The third kappa shape index (κ3) is 4.14. The highest BCUT2D eigenvalue weighted by molar-refractivity contribution is 7.91. The fraction of sp³-hybridized carbons (Fsp3) is 0.538. The molecule has 0 spiro atoms. The second-order valence-electron chi connectivity index (χ2n) is 4.46. The summed E-state index contributed by atoms with van der Waals surface area (Å²) in [5.41, 5.74) is 1.03. The Morgan fingerprint density at radius 1 is 1.53 bits per heavy atom. The fourth-order valence-electron chi connectivity index (χ4n) is 1.68. The minimum atomic E-state index is -3.35. The zero-order valence-electron chi connectivity index (χ0n) is 11.8. The summed E-state index contributed by atoms with van der Waals surface area (Å²) >= 11 is 1.35. The van der Waals surface area contributed by atoms with Crippen LogP contribution in [0.5, 0.6) is 0 Å². The monoisotopic (exact) mass is 302 g/mol. The molecule has 0 aliphatic rings. The van der Waals surface area contributed by atoms with Crippen LogP contribution in [0.15, 0.2) is 22.9 Å². The van der Waals surface area contributed by atoms with Crippen LogP contribution in [0.1, 0.15) is 23.3 Å². The average molecular weight is 302 g/mol. The maximum absolute atomic E-state index is 12.4. The van der Waals surface area contributed by atoms with E-state index in [-0.39, 0.29) is 0 Å². The molecule has 1 aromatic heterocycles. The van der Waals surface area contributed by atoms with E-state index in [0.717, 1.165) is 23.3 Å². The molecule has 1 heterocycles. The van der Waals surface area contributed by atoms with Crippen molar-refractivity contribution in [2.45, 2.75) is 30.5 Å². The molecule has 1 aromatic rings. The summed E-state index contributed by atoms with van der Waals surface area (Å²) in [7, 11) is 0.136. The van der Waals surface area contributed by atoms with Crippen LogP contribution in [0.3, 0.4) is 0 Å². The van der Waals surface area contributed by atoms with E-state index in [1.807, 2.05) is 14.0 Å². The number of sulfonamides is 1. The normalized spacial score (nSPS) is 12.0. The second-order valence-corrected chi connectivity index (χ2v) is 7.87. The predicted molar refractivity (Wildman–Crippen MR) is 81.1 cm³/mol. The number of thiophene rings is 1. The van der Waals surface area contributed by atoms with Crippen LogP contribution >= 0.6 is 11.3 Å². The molecule has 19 heavy (non-hydrogen) atoms. The molecule has 0 aliphatic heterocycles. The van der Waals surface area contributed by atoms with Gasteiger partial charge in [0.05, 0.1) is 0 Å². The van der Waals surface area contributed by atoms with Crippen LogP contribution in [-0.2, 0) is 16.6 Å². The second kappa shape index (κ2) is 7.19. The number of aryl methyl sites for hydroxylation is 1. The molecule has 1 N–H and O–H groups in total. The molecule has 0 bridgehead atoms. The molecule has 108 valence electrons. The molecule has 0 aromatic carbocycles. The molecular formula is C13H22N2O2S2. The van der Waals surface area contributed by atoms with Gasteiger partial charge in [0.2, 0.25) is 0 Å². The maximum Gasteiger partial charge on any atom is 0.252 e. The topological polar surface area (TPSA) is 49.4 Å². The highest BCUT2D eigenvalue weighted by atomic mass is 32.2. The Labute approximate surface area is 120 Å². The number of unbranched alkanes of at least 4 members (excludes halogenated alkanes) is 1. The van der Waals surface area contributed by atoms with Crippen molar-refractivity contribution in [3.05, 3.63) is 29.2 Å². The quantitative estimate of drug-likeness (QED) is 0.592. The van der Waals surface area contributed by atoms with Gasteiger partial charge in [0.25, 0.3) is 10.0 Å². The Morgan fingerprint density at radius 3 is 2.79 bits per heavy atom. The van der Waals surface area contributed by atoms with Crippen LogP contribution in [0, 0.1) is 6.92 Å². The van der Waals surface area contributed by atoms with Gasteiger partial charge in [-0.05, 0) is 38.4 Å². The minimum Gasteiger partial charge on any atom is -0.315 e. The van der Waals surface area contributed by atoms with Crippen LogP contribution in [0.25, 0.3) is 0 Å². The molecule has 0 amide bonds. The predicted octanol–water partition coefficient (Wildman–Crippen LogP) is 2.36. The van der Waals surface area contributed by atoms with E-state index >= 15 is 0 Å². The minimum absolute atomic E-state index is 0.427. The summed E-state index contributed by atoms with van der Waals surface area (Å²) in [6, 6.07) is 1.76. The molecule has 0 atom stereocenters. The van der Waals surface area contributed by atoms with E-state index in [1.165, 1.54) is 15.6 Å². The largest absolute Gasteiger partial charge is 0.315 e. The van der Waals surface area contributed by atoms with E-state index in [0.29, 0.717) is 17.3 Å². The molecule has 0 radical (unpaired) electrons. The summed E-state index contributed by atoms with van der Waals surface area (Å²) in [6.07, 6.45) is 3.43. The number of rotatable bonds is 8. The molecule has 0 unspecified atom stereocenters. The van der Waals surface area contributed by atoms with Crippen LogP contribution in [0.4, 0.5) is 0 Å².